The highest BCUT2D eigenvalue weighted by Crippen LogP contribution is 2.27. The molecule has 0 fully saturated rings. The molecule has 0 saturated carbocycles. The molecule has 0 saturated heterocycles. The Kier molecular flexibility index (Phi) is 6.06. The number of pyridine rings is 2. The molecule has 2 heterocycles. The van der Waals surface area contributed by atoms with E-state index in [4.69, 9.17) is 10.5 Å². The fraction of sp³-hybridized carbons (Fsp3) is 0.474. The van der Waals surface area contributed by atoms with E-state index in [1.807, 2.05) is 19.9 Å². The van der Waals surface area contributed by atoms with Gasteiger partial charge in [0.15, 0.2) is 0 Å². The normalized spacial score (nSPS) is 14.0. The molecule has 2 aromatic heterocycles. The first-order valence-electron chi connectivity index (χ1n) is 8.31. The quantitative estimate of drug-likeness (QED) is 0.798. The second-order valence-corrected chi connectivity index (χ2v) is 7.16. The Morgan fingerprint density at radius 3 is 2.52 bits per heavy atom. The minimum absolute atomic E-state index is 0.247. The van der Waals surface area contributed by atoms with Crippen LogP contribution in [0.5, 0.6) is 5.88 Å². The molecule has 2 aromatic rings. The highest BCUT2D eigenvalue weighted by Gasteiger charge is 2.21. The second-order valence-electron chi connectivity index (χ2n) is 7.16. The summed E-state index contributed by atoms with van der Waals surface area (Å²) in [4.78, 5) is 8.00. The summed E-state index contributed by atoms with van der Waals surface area (Å²) >= 11 is 0. The van der Waals surface area contributed by atoms with Gasteiger partial charge < -0.3 is 10.5 Å². The molecule has 0 radical (unpaired) electrons. The molecule has 4 nitrogen and oxygen atoms in total. The van der Waals surface area contributed by atoms with E-state index in [1.54, 1.807) is 12.3 Å². The predicted molar refractivity (Wildman–Crippen MR) is 94.7 cm³/mol. The Bertz CT molecular complexity index is 718. The topological polar surface area (TPSA) is 61.0 Å². The van der Waals surface area contributed by atoms with E-state index in [9.17, 15) is 8.78 Å². The summed E-state index contributed by atoms with van der Waals surface area (Å²) in [5, 5.41) is 0. The van der Waals surface area contributed by atoms with Gasteiger partial charge in [0.2, 0.25) is 5.88 Å². The fourth-order valence-corrected chi connectivity index (χ4v) is 2.84. The van der Waals surface area contributed by atoms with Gasteiger partial charge in [-0.2, -0.15) is 0 Å². The molecular formula is C19H25F2N3O. The molecule has 25 heavy (non-hydrogen) atoms. The SMILES string of the molecule is Cc1cc(-c2ccnc(C(F)F)c2)cnc1OCC(C)(N)CC(C)C. The maximum Gasteiger partial charge on any atom is 0.280 e. The minimum Gasteiger partial charge on any atom is -0.476 e. The Hall–Kier alpha value is -2.08. The maximum atomic E-state index is 12.8. The third kappa shape index (κ3) is 5.46. The van der Waals surface area contributed by atoms with Gasteiger partial charge in [0, 0.05) is 29.1 Å². The summed E-state index contributed by atoms with van der Waals surface area (Å²) in [6.45, 7) is 8.43. The molecule has 0 amide bonds. The molecule has 2 N–H and O–H groups in total. The number of hydrogen-bond donors (Lipinski definition) is 1. The first kappa shape index (κ1) is 19.2. The minimum atomic E-state index is -2.60. The van der Waals surface area contributed by atoms with E-state index in [-0.39, 0.29) is 5.69 Å². The summed E-state index contributed by atoms with van der Waals surface area (Å²) < 4.78 is 31.4. The van der Waals surface area contributed by atoms with E-state index in [2.05, 4.69) is 23.8 Å². The number of aryl methyl sites for hydroxylation is 1. The Balaban J connectivity index is 2.14. The van der Waals surface area contributed by atoms with Crippen molar-refractivity contribution in [2.45, 2.75) is 46.1 Å². The molecule has 136 valence electrons. The zero-order valence-electron chi connectivity index (χ0n) is 15.1. The molecule has 1 atom stereocenters. The van der Waals surface area contributed by atoms with Crippen molar-refractivity contribution >= 4 is 0 Å². The van der Waals surface area contributed by atoms with Crippen LogP contribution in [-0.4, -0.2) is 22.1 Å². The average molecular weight is 349 g/mol. The van der Waals surface area contributed by atoms with Crippen molar-refractivity contribution in [2.24, 2.45) is 11.7 Å². The summed E-state index contributed by atoms with van der Waals surface area (Å²) in [6, 6.07) is 4.92. The molecular weight excluding hydrogens is 324 g/mol. The van der Waals surface area contributed by atoms with Gasteiger partial charge in [-0.25, -0.2) is 13.8 Å². The number of hydrogen-bond acceptors (Lipinski definition) is 4. The number of nitrogens with zero attached hydrogens (tertiary/aromatic N) is 2. The average Bonchev–Trinajstić information content (AvgIpc) is 2.52. The van der Waals surface area contributed by atoms with Crippen LogP contribution < -0.4 is 10.5 Å². The van der Waals surface area contributed by atoms with Crippen LogP contribution in [0.4, 0.5) is 8.78 Å². The van der Waals surface area contributed by atoms with Gasteiger partial charge >= 0.3 is 0 Å². The third-order valence-electron chi connectivity index (χ3n) is 3.78. The number of alkyl halides is 2. The summed E-state index contributed by atoms with van der Waals surface area (Å²) in [6.07, 6.45) is 1.24. The summed E-state index contributed by atoms with van der Waals surface area (Å²) in [5.41, 5.74) is 7.79. The van der Waals surface area contributed by atoms with Crippen molar-refractivity contribution in [3.8, 4) is 17.0 Å². The number of halogens is 2. The number of nitrogens with two attached hydrogens (primary N) is 1. The molecule has 0 aromatic carbocycles. The fourth-order valence-electron chi connectivity index (χ4n) is 2.84. The Labute approximate surface area is 147 Å². The Morgan fingerprint density at radius 1 is 1.20 bits per heavy atom. The van der Waals surface area contributed by atoms with Crippen molar-refractivity contribution in [1.82, 2.24) is 9.97 Å². The number of aromatic nitrogens is 2. The first-order chi connectivity index (χ1) is 11.7. The van der Waals surface area contributed by atoms with Crippen LogP contribution in [0.2, 0.25) is 0 Å². The molecule has 0 aliphatic rings. The van der Waals surface area contributed by atoms with E-state index >= 15 is 0 Å². The van der Waals surface area contributed by atoms with E-state index in [0.29, 0.717) is 24.0 Å². The molecule has 0 bridgehead atoms. The van der Waals surface area contributed by atoms with Crippen molar-refractivity contribution in [3.63, 3.8) is 0 Å². The molecule has 1 unspecified atom stereocenters. The summed E-state index contributed by atoms with van der Waals surface area (Å²) in [7, 11) is 0. The van der Waals surface area contributed by atoms with Crippen LogP contribution >= 0.6 is 0 Å². The highest BCUT2D eigenvalue weighted by atomic mass is 19.3. The zero-order chi connectivity index (χ0) is 18.6. The lowest BCUT2D eigenvalue weighted by molar-refractivity contribution is 0.146. The van der Waals surface area contributed by atoms with Crippen molar-refractivity contribution in [2.75, 3.05) is 6.61 Å². The van der Waals surface area contributed by atoms with Gasteiger partial charge in [0.1, 0.15) is 12.3 Å². The van der Waals surface area contributed by atoms with Crippen LogP contribution in [0, 0.1) is 12.8 Å². The van der Waals surface area contributed by atoms with Gasteiger partial charge in [-0.3, -0.25) is 4.98 Å². The monoisotopic (exact) mass is 349 g/mol. The first-order valence-corrected chi connectivity index (χ1v) is 8.31. The standard InChI is InChI=1S/C19H25F2N3O/c1-12(2)9-19(4,22)11-25-18-13(3)7-15(10-24-18)14-5-6-23-16(8-14)17(20)21/h5-8,10,12,17H,9,11,22H2,1-4H3. The van der Waals surface area contributed by atoms with E-state index in [1.165, 1.54) is 12.3 Å². The lowest BCUT2D eigenvalue weighted by atomic mass is 9.93. The largest absolute Gasteiger partial charge is 0.476 e. The van der Waals surface area contributed by atoms with Crippen molar-refractivity contribution in [1.29, 1.82) is 0 Å². The van der Waals surface area contributed by atoms with Crippen LogP contribution in [-0.2, 0) is 0 Å². The van der Waals surface area contributed by atoms with Crippen LogP contribution in [0.15, 0.2) is 30.6 Å². The maximum absolute atomic E-state index is 12.8. The summed E-state index contributed by atoms with van der Waals surface area (Å²) in [5.74, 6) is 0.984. The highest BCUT2D eigenvalue weighted by molar-refractivity contribution is 5.64. The second kappa shape index (κ2) is 7.87. The van der Waals surface area contributed by atoms with Gasteiger partial charge in [-0.1, -0.05) is 13.8 Å². The van der Waals surface area contributed by atoms with Crippen LogP contribution in [0.1, 0.15) is 44.9 Å². The molecule has 6 heteroatoms. The van der Waals surface area contributed by atoms with Crippen LogP contribution in [0.3, 0.4) is 0 Å². The molecule has 2 rings (SSSR count). The van der Waals surface area contributed by atoms with Crippen LogP contribution in [0.25, 0.3) is 11.1 Å². The molecule has 0 aliphatic heterocycles. The molecule has 0 spiro atoms. The molecule has 0 aliphatic carbocycles. The van der Waals surface area contributed by atoms with Crippen molar-refractivity contribution in [3.05, 3.63) is 41.9 Å². The number of rotatable bonds is 7. The van der Waals surface area contributed by atoms with Gasteiger partial charge in [-0.15, -0.1) is 0 Å². The van der Waals surface area contributed by atoms with Gasteiger partial charge in [-0.05, 0) is 49.9 Å². The lowest BCUT2D eigenvalue weighted by Crippen LogP contribution is -2.43. The zero-order valence-corrected chi connectivity index (χ0v) is 15.1. The Morgan fingerprint density at radius 2 is 1.92 bits per heavy atom. The van der Waals surface area contributed by atoms with E-state index in [0.717, 1.165) is 17.5 Å². The predicted octanol–water partition coefficient (Wildman–Crippen LogP) is 4.53. The van der Waals surface area contributed by atoms with Crippen molar-refractivity contribution < 1.29 is 13.5 Å². The van der Waals surface area contributed by atoms with E-state index < -0.39 is 12.0 Å². The number of ether oxygens (including phenoxy) is 1. The smallest absolute Gasteiger partial charge is 0.280 e. The van der Waals surface area contributed by atoms with Gasteiger partial charge in [0.05, 0.1) is 0 Å². The third-order valence-corrected chi connectivity index (χ3v) is 3.78. The van der Waals surface area contributed by atoms with Gasteiger partial charge in [0.25, 0.3) is 6.43 Å². The lowest BCUT2D eigenvalue weighted by Gasteiger charge is -2.26.